The first-order valence-corrected chi connectivity index (χ1v) is 7.04. The van der Waals surface area contributed by atoms with E-state index in [-0.39, 0.29) is 17.6 Å². The minimum Gasteiger partial charge on any atom is -0.349 e. The highest BCUT2D eigenvalue weighted by Gasteiger charge is 2.28. The predicted molar refractivity (Wildman–Crippen MR) is 76.5 cm³/mol. The molecule has 0 spiro atoms. The molecule has 0 bridgehead atoms. The zero-order valence-corrected chi connectivity index (χ0v) is 11.8. The van der Waals surface area contributed by atoms with Crippen molar-refractivity contribution < 1.29 is 9.72 Å². The van der Waals surface area contributed by atoms with Gasteiger partial charge in [0, 0.05) is 23.7 Å². The van der Waals surface area contributed by atoms with Gasteiger partial charge >= 0.3 is 0 Å². The summed E-state index contributed by atoms with van der Waals surface area (Å²) < 4.78 is 0. The Morgan fingerprint density at radius 3 is 2.80 bits per heavy atom. The lowest BCUT2D eigenvalue weighted by Gasteiger charge is -2.34. The van der Waals surface area contributed by atoms with Gasteiger partial charge in [-0.05, 0) is 24.3 Å². The third kappa shape index (κ3) is 3.15. The molecule has 5 nitrogen and oxygen atoms in total. The van der Waals surface area contributed by atoms with Crippen LogP contribution in [0.3, 0.4) is 0 Å². The van der Waals surface area contributed by atoms with Crippen LogP contribution in [0.1, 0.15) is 43.5 Å². The normalized spacial score (nSPS) is 26.0. The van der Waals surface area contributed by atoms with Gasteiger partial charge in [0.05, 0.1) is 4.92 Å². The fourth-order valence-electron chi connectivity index (χ4n) is 2.80. The molecule has 1 aliphatic rings. The van der Waals surface area contributed by atoms with Crippen molar-refractivity contribution in [2.75, 3.05) is 0 Å². The highest BCUT2D eigenvalue weighted by atomic mass is 16.6. The minimum absolute atomic E-state index is 0.0530. The zero-order chi connectivity index (χ0) is 14.7. The van der Waals surface area contributed by atoms with Crippen LogP contribution in [-0.2, 0) is 0 Å². The Hall–Kier alpha value is -1.91. The summed E-state index contributed by atoms with van der Waals surface area (Å²) in [4.78, 5) is 22.5. The standard InChI is InChI=1S/C15H20N2O3/c1-10-5-3-8-14(11(10)2)16-15(18)12-6-4-7-13(9-12)17(19)20/h4,6-7,9-11,14H,3,5,8H2,1-2H3,(H,16,18)/t10-,11+,14-/m0/s1. The van der Waals surface area contributed by atoms with Crippen LogP contribution in [0.2, 0.25) is 0 Å². The highest BCUT2D eigenvalue weighted by molar-refractivity contribution is 5.95. The summed E-state index contributed by atoms with van der Waals surface area (Å²) in [5.41, 5.74) is 0.298. The summed E-state index contributed by atoms with van der Waals surface area (Å²) in [6.45, 7) is 4.36. The van der Waals surface area contributed by atoms with Crippen LogP contribution in [0, 0.1) is 22.0 Å². The maximum atomic E-state index is 12.2. The van der Waals surface area contributed by atoms with E-state index in [0.29, 0.717) is 17.4 Å². The number of nitrogens with one attached hydrogen (secondary N) is 1. The van der Waals surface area contributed by atoms with Gasteiger partial charge < -0.3 is 5.32 Å². The highest BCUT2D eigenvalue weighted by Crippen LogP contribution is 2.29. The molecule has 1 aliphatic carbocycles. The third-order valence-corrected chi connectivity index (χ3v) is 4.34. The lowest BCUT2D eigenvalue weighted by Crippen LogP contribution is -2.43. The van der Waals surface area contributed by atoms with Crippen LogP contribution in [-0.4, -0.2) is 16.9 Å². The van der Waals surface area contributed by atoms with Crippen LogP contribution in [0.15, 0.2) is 24.3 Å². The topological polar surface area (TPSA) is 72.2 Å². The summed E-state index contributed by atoms with van der Waals surface area (Å²) in [6.07, 6.45) is 3.29. The van der Waals surface area contributed by atoms with Crippen LogP contribution < -0.4 is 5.32 Å². The predicted octanol–water partition coefficient (Wildman–Crippen LogP) is 3.15. The second-order valence-electron chi connectivity index (χ2n) is 5.65. The second kappa shape index (κ2) is 6.03. The smallest absolute Gasteiger partial charge is 0.270 e. The Labute approximate surface area is 118 Å². The molecule has 1 fully saturated rings. The minimum atomic E-state index is -0.484. The molecule has 0 saturated heterocycles. The molecule has 3 atom stereocenters. The number of benzene rings is 1. The zero-order valence-electron chi connectivity index (χ0n) is 11.8. The molecule has 2 rings (SSSR count). The van der Waals surface area contributed by atoms with Gasteiger partial charge in [-0.1, -0.05) is 32.8 Å². The van der Waals surface area contributed by atoms with Crippen molar-refractivity contribution in [1.82, 2.24) is 5.32 Å². The Morgan fingerprint density at radius 1 is 1.35 bits per heavy atom. The van der Waals surface area contributed by atoms with Crippen molar-refractivity contribution in [3.05, 3.63) is 39.9 Å². The van der Waals surface area contributed by atoms with Gasteiger partial charge in [0.15, 0.2) is 0 Å². The molecule has 1 amide bonds. The summed E-state index contributed by atoms with van der Waals surface area (Å²) >= 11 is 0. The van der Waals surface area contributed by atoms with E-state index in [1.54, 1.807) is 12.1 Å². The summed E-state index contributed by atoms with van der Waals surface area (Å²) in [7, 11) is 0. The number of nitro groups is 1. The number of rotatable bonds is 3. The quantitative estimate of drug-likeness (QED) is 0.681. The fraction of sp³-hybridized carbons (Fsp3) is 0.533. The Bertz CT molecular complexity index is 516. The fourth-order valence-corrected chi connectivity index (χ4v) is 2.80. The Balaban J connectivity index is 2.08. The van der Waals surface area contributed by atoms with E-state index in [1.165, 1.54) is 18.6 Å². The molecule has 0 aliphatic heterocycles. The van der Waals surface area contributed by atoms with Gasteiger partial charge in [-0.2, -0.15) is 0 Å². The molecule has 5 heteroatoms. The van der Waals surface area contributed by atoms with Gasteiger partial charge in [0.25, 0.3) is 11.6 Å². The number of amides is 1. The maximum absolute atomic E-state index is 12.2. The molecule has 20 heavy (non-hydrogen) atoms. The van der Waals surface area contributed by atoms with Crippen LogP contribution in [0.5, 0.6) is 0 Å². The van der Waals surface area contributed by atoms with E-state index in [9.17, 15) is 14.9 Å². The average molecular weight is 276 g/mol. The number of nitrogens with zero attached hydrogens (tertiary/aromatic N) is 1. The second-order valence-corrected chi connectivity index (χ2v) is 5.65. The lowest BCUT2D eigenvalue weighted by atomic mass is 9.78. The third-order valence-electron chi connectivity index (χ3n) is 4.34. The average Bonchev–Trinajstić information content (AvgIpc) is 2.44. The molecule has 1 aromatic rings. The van der Waals surface area contributed by atoms with Gasteiger partial charge in [0.1, 0.15) is 0 Å². The van der Waals surface area contributed by atoms with Crippen molar-refractivity contribution in [3.63, 3.8) is 0 Å². The number of hydrogen-bond donors (Lipinski definition) is 1. The Kier molecular flexibility index (Phi) is 4.37. The van der Waals surface area contributed by atoms with Crippen molar-refractivity contribution in [2.24, 2.45) is 11.8 Å². The first kappa shape index (κ1) is 14.5. The molecule has 0 radical (unpaired) electrons. The molecular weight excluding hydrogens is 256 g/mol. The van der Waals surface area contributed by atoms with Crippen molar-refractivity contribution in [2.45, 2.75) is 39.2 Å². The molecule has 1 saturated carbocycles. The van der Waals surface area contributed by atoms with Crippen molar-refractivity contribution in [1.29, 1.82) is 0 Å². The van der Waals surface area contributed by atoms with Crippen LogP contribution >= 0.6 is 0 Å². The maximum Gasteiger partial charge on any atom is 0.270 e. The van der Waals surface area contributed by atoms with E-state index in [4.69, 9.17) is 0 Å². The van der Waals surface area contributed by atoms with Gasteiger partial charge in [-0.25, -0.2) is 0 Å². The number of carbonyl (C=O) groups excluding carboxylic acids is 1. The molecular formula is C15H20N2O3. The van der Waals surface area contributed by atoms with E-state index in [1.807, 2.05) is 0 Å². The van der Waals surface area contributed by atoms with E-state index < -0.39 is 4.92 Å². The summed E-state index contributed by atoms with van der Waals surface area (Å²) in [5, 5.41) is 13.8. The number of non-ortho nitro benzene ring substituents is 1. The molecule has 1 aromatic carbocycles. The molecule has 0 unspecified atom stereocenters. The largest absolute Gasteiger partial charge is 0.349 e. The van der Waals surface area contributed by atoms with Crippen molar-refractivity contribution in [3.8, 4) is 0 Å². The summed E-state index contributed by atoms with van der Waals surface area (Å²) in [5.74, 6) is 0.810. The molecule has 1 N–H and O–H groups in total. The van der Waals surface area contributed by atoms with Gasteiger partial charge in [0.2, 0.25) is 0 Å². The van der Waals surface area contributed by atoms with E-state index in [2.05, 4.69) is 19.2 Å². The van der Waals surface area contributed by atoms with Crippen LogP contribution in [0.4, 0.5) is 5.69 Å². The van der Waals surface area contributed by atoms with Crippen molar-refractivity contribution >= 4 is 11.6 Å². The van der Waals surface area contributed by atoms with Crippen LogP contribution in [0.25, 0.3) is 0 Å². The van der Waals surface area contributed by atoms with E-state index >= 15 is 0 Å². The SMILES string of the molecule is C[C@H]1[C@@H](NC(=O)c2cccc([N+](=O)[O-])c2)CCC[C@@H]1C. The molecule has 0 aromatic heterocycles. The van der Waals surface area contributed by atoms with E-state index in [0.717, 1.165) is 12.8 Å². The first-order chi connectivity index (χ1) is 9.49. The number of hydrogen-bond acceptors (Lipinski definition) is 3. The molecule has 0 heterocycles. The Morgan fingerprint density at radius 2 is 2.10 bits per heavy atom. The van der Waals surface area contributed by atoms with Gasteiger partial charge in [-0.3, -0.25) is 14.9 Å². The monoisotopic (exact) mass is 276 g/mol. The number of nitro benzene ring substituents is 1. The summed E-state index contributed by atoms with van der Waals surface area (Å²) in [6, 6.07) is 6.03. The lowest BCUT2D eigenvalue weighted by molar-refractivity contribution is -0.384. The number of carbonyl (C=O) groups is 1. The molecule has 108 valence electrons. The van der Waals surface area contributed by atoms with Gasteiger partial charge in [-0.15, -0.1) is 0 Å². The first-order valence-electron chi connectivity index (χ1n) is 7.04.